The Bertz CT molecular complexity index is 696. The van der Waals surface area contributed by atoms with Crippen LogP contribution in [0, 0.1) is 0 Å². The molecule has 1 N–H and O–H groups in total. The van der Waals surface area contributed by atoms with Gasteiger partial charge in [0.2, 0.25) is 0 Å². The Labute approximate surface area is 118 Å². The molecule has 0 saturated heterocycles. The summed E-state index contributed by atoms with van der Waals surface area (Å²) in [6.07, 6.45) is 6.35. The fraction of sp³-hybridized carbons (Fsp3) is 0.400. The molecule has 0 fully saturated rings. The number of hydrogen-bond donors (Lipinski definition) is 1. The van der Waals surface area contributed by atoms with Crippen molar-refractivity contribution in [2.24, 2.45) is 0 Å². The maximum Gasteiger partial charge on any atom is 0.369 e. The number of tetrazole rings is 2. The van der Waals surface area contributed by atoms with Crippen molar-refractivity contribution in [3.05, 3.63) is 33.1 Å². The second-order valence-corrected chi connectivity index (χ2v) is 3.94. The Hall–Kier alpha value is -2.82. The molecule has 0 bridgehead atoms. The highest BCUT2D eigenvalue weighted by Gasteiger charge is 2.06. The average Bonchev–Trinajstić information content (AvgIpc) is 2.99. The predicted octanol–water partition coefficient (Wildman–Crippen LogP) is -1.62. The molecule has 21 heavy (non-hydrogen) atoms. The van der Waals surface area contributed by atoms with Gasteiger partial charge >= 0.3 is 11.4 Å². The largest absolute Gasteiger partial charge is 0.369 e. The molecule has 2 rings (SSSR count). The van der Waals surface area contributed by atoms with Crippen molar-refractivity contribution < 1.29 is 0 Å². The molecule has 0 radical (unpaired) electrons. The molecular weight excluding hydrogens is 278 g/mol. The fourth-order valence-electron chi connectivity index (χ4n) is 1.50. The van der Waals surface area contributed by atoms with E-state index >= 15 is 0 Å². The molecule has 2 heterocycles. The normalized spacial score (nSPS) is 11.9. The predicted molar refractivity (Wildman–Crippen MR) is 73.7 cm³/mol. The third kappa shape index (κ3) is 3.20. The zero-order chi connectivity index (χ0) is 15.2. The van der Waals surface area contributed by atoms with E-state index in [1.807, 2.05) is 0 Å². The van der Waals surface area contributed by atoms with Gasteiger partial charge in [0.15, 0.2) is 0 Å². The van der Waals surface area contributed by atoms with E-state index in [1.54, 1.807) is 26.0 Å². The summed E-state index contributed by atoms with van der Waals surface area (Å²) in [4.78, 5) is 23.5. The van der Waals surface area contributed by atoms with Gasteiger partial charge in [0.25, 0.3) is 0 Å². The molecule has 2 aromatic rings. The molecule has 0 atom stereocenters. The zero-order valence-corrected chi connectivity index (χ0v) is 11.6. The quantitative estimate of drug-likeness (QED) is 0.680. The van der Waals surface area contributed by atoms with Crippen molar-refractivity contribution in [2.45, 2.75) is 27.2 Å². The number of rotatable bonds is 6. The van der Waals surface area contributed by atoms with Crippen molar-refractivity contribution in [3.8, 4) is 0 Å². The van der Waals surface area contributed by atoms with Gasteiger partial charge in [-0.1, -0.05) is 12.2 Å². The third-order valence-electron chi connectivity index (χ3n) is 2.43. The number of nitrogens with one attached hydrogen (secondary N) is 1. The first-order chi connectivity index (χ1) is 10.2. The van der Waals surface area contributed by atoms with Crippen LogP contribution in [0.25, 0.3) is 12.4 Å². The van der Waals surface area contributed by atoms with Gasteiger partial charge in [0.05, 0.1) is 13.3 Å². The lowest BCUT2D eigenvalue weighted by atomic mass is 10.7. The van der Waals surface area contributed by atoms with Crippen molar-refractivity contribution in [1.82, 2.24) is 44.9 Å². The lowest BCUT2D eigenvalue weighted by Gasteiger charge is -2.00. The topological polar surface area (TPSA) is 117 Å². The molecule has 0 aromatic carbocycles. The average molecular weight is 293 g/mol. The van der Waals surface area contributed by atoms with Gasteiger partial charge in [0, 0.05) is 12.4 Å². The fourth-order valence-corrected chi connectivity index (χ4v) is 1.50. The molecule has 0 aliphatic heterocycles. The Kier molecular flexibility index (Phi) is 4.56. The molecule has 11 nitrogen and oxygen atoms in total. The minimum absolute atomic E-state index is 0.0965. The van der Waals surface area contributed by atoms with E-state index in [2.05, 4.69) is 26.2 Å². The van der Waals surface area contributed by atoms with Crippen molar-refractivity contribution in [3.63, 3.8) is 0 Å². The van der Waals surface area contributed by atoms with Gasteiger partial charge in [0.1, 0.15) is 0 Å². The van der Waals surface area contributed by atoms with E-state index in [4.69, 9.17) is 0 Å². The Morgan fingerprint density at radius 2 is 1.29 bits per heavy atom. The lowest BCUT2D eigenvalue weighted by Crippen LogP contribution is -2.34. The van der Waals surface area contributed by atoms with Crippen LogP contribution < -0.4 is 16.7 Å². The maximum absolute atomic E-state index is 11.8. The Morgan fingerprint density at radius 1 is 0.857 bits per heavy atom. The van der Waals surface area contributed by atoms with Crippen LogP contribution in [0.2, 0.25) is 0 Å². The van der Waals surface area contributed by atoms with Gasteiger partial charge in [-0.2, -0.15) is 18.7 Å². The minimum atomic E-state index is -0.384. The van der Waals surface area contributed by atoms with E-state index in [1.165, 1.54) is 12.4 Å². The monoisotopic (exact) mass is 293 g/mol. The number of allylic oxidation sites excluding steroid dienone is 2. The summed E-state index contributed by atoms with van der Waals surface area (Å²) in [5.74, 6) is 0. The van der Waals surface area contributed by atoms with Crippen LogP contribution in [0.5, 0.6) is 0 Å². The van der Waals surface area contributed by atoms with Gasteiger partial charge in [-0.25, -0.2) is 9.59 Å². The first-order valence-electron chi connectivity index (χ1n) is 6.18. The summed E-state index contributed by atoms with van der Waals surface area (Å²) in [7, 11) is 0. The molecule has 0 amide bonds. The maximum atomic E-state index is 11.8. The van der Waals surface area contributed by atoms with Crippen LogP contribution in [-0.4, -0.2) is 39.6 Å². The Balaban J connectivity index is 1.99. The summed E-state index contributed by atoms with van der Waals surface area (Å²) in [5.41, 5.74) is -0.768. The standard InChI is InChI=1S/C10H15N9O2/c1-3-5-16-9(20)18(14-12-16)7-11-8-19-10(21)17(6-4-2)13-15-19/h3-6,11H,7-8H2,1-2H3/b5-3+,6-4+. The molecular formula is C10H15N9O2. The first kappa shape index (κ1) is 14.6. The molecule has 0 saturated carbocycles. The van der Waals surface area contributed by atoms with Crippen LogP contribution in [0.1, 0.15) is 13.8 Å². The smallest absolute Gasteiger partial charge is 0.279 e. The SMILES string of the molecule is C/C=C/n1nnn(CNCn2nnn(/C=C/C)c2=O)c1=O. The van der Waals surface area contributed by atoms with E-state index in [9.17, 15) is 9.59 Å². The van der Waals surface area contributed by atoms with Crippen LogP contribution in [0.3, 0.4) is 0 Å². The zero-order valence-electron chi connectivity index (χ0n) is 11.6. The second kappa shape index (κ2) is 6.56. The van der Waals surface area contributed by atoms with Gasteiger partial charge in [-0.05, 0) is 34.7 Å². The molecule has 11 heteroatoms. The van der Waals surface area contributed by atoms with Crippen molar-refractivity contribution in [2.75, 3.05) is 0 Å². The van der Waals surface area contributed by atoms with Crippen LogP contribution in [-0.2, 0) is 13.3 Å². The lowest BCUT2D eigenvalue weighted by molar-refractivity contribution is 0.410. The second-order valence-electron chi connectivity index (χ2n) is 3.94. The van der Waals surface area contributed by atoms with Gasteiger partial charge < -0.3 is 0 Å². The van der Waals surface area contributed by atoms with Gasteiger partial charge in [-0.15, -0.1) is 0 Å². The molecule has 2 aromatic heterocycles. The minimum Gasteiger partial charge on any atom is -0.279 e. The summed E-state index contributed by atoms with van der Waals surface area (Å²) >= 11 is 0. The van der Waals surface area contributed by atoms with E-state index in [0.29, 0.717) is 0 Å². The third-order valence-corrected chi connectivity index (χ3v) is 2.43. The number of aromatic nitrogens is 8. The number of hydrogen-bond acceptors (Lipinski definition) is 7. The highest BCUT2D eigenvalue weighted by atomic mass is 16.2. The first-order valence-corrected chi connectivity index (χ1v) is 6.18. The van der Waals surface area contributed by atoms with E-state index in [0.717, 1.165) is 18.7 Å². The van der Waals surface area contributed by atoms with Crippen LogP contribution in [0.4, 0.5) is 0 Å². The van der Waals surface area contributed by atoms with Crippen molar-refractivity contribution in [1.29, 1.82) is 0 Å². The summed E-state index contributed by atoms with van der Waals surface area (Å²) in [5, 5.41) is 17.5. The van der Waals surface area contributed by atoms with Gasteiger partial charge in [-0.3, -0.25) is 5.32 Å². The molecule has 0 unspecified atom stereocenters. The highest BCUT2D eigenvalue weighted by molar-refractivity contribution is 5.16. The van der Waals surface area contributed by atoms with Crippen LogP contribution in [0.15, 0.2) is 21.7 Å². The van der Waals surface area contributed by atoms with E-state index < -0.39 is 0 Å². The van der Waals surface area contributed by atoms with Crippen molar-refractivity contribution >= 4 is 12.4 Å². The molecule has 0 aliphatic carbocycles. The molecule has 0 aliphatic rings. The van der Waals surface area contributed by atoms with Crippen LogP contribution >= 0.6 is 0 Å². The highest BCUT2D eigenvalue weighted by Crippen LogP contribution is 1.79. The summed E-state index contributed by atoms with van der Waals surface area (Å²) in [6, 6.07) is 0. The Morgan fingerprint density at radius 3 is 1.67 bits per heavy atom. The molecule has 0 spiro atoms. The summed E-state index contributed by atoms with van der Waals surface area (Å²) < 4.78 is 4.47. The number of nitrogens with zero attached hydrogens (tertiary/aromatic N) is 8. The summed E-state index contributed by atoms with van der Waals surface area (Å²) in [6.45, 7) is 3.73. The molecule has 112 valence electrons. The van der Waals surface area contributed by atoms with E-state index in [-0.39, 0.29) is 24.7 Å².